The third kappa shape index (κ3) is 2.28. The van der Waals surface area contributed by atoms with Crippen LogP contribution in [0.2, 0.25) is 0 Å². The summed E-state index contributed by atoms with van der Waals surface area (Å²) in [6.07, 6.45) is 3.49. The maximum Gasteiger partial charge on any atom is 0.149 e. The van der Waals surface area contributed by atoms with E-state index in [1.807, 2.05) is 37.3 Å². The van der Waals surface area contributed by atoms with Gasteiger partial charge >= 0.3 is 0 Å². The van der Waals surface area contributed by atoms with Gasteiger partial charge in [0.2, 0.25) is 0 Å². The fraction of sp³-hybridized carbons (Fsp3) is 0.167. The fourth-order valence-corrected chi connectivity index (χ4v) is 1.45. The molecule has 4 heteroatoms. The zero-order valence-corrected chi connectivity index (χ0v) is 9.09. The summed E-state index contributed by atoms with van der Waals surface area (Å²) in [6.45, 7) is 2.02. The van der Waals surface area contributed by atoms with Gasteiger partial charge in [-0.2, -0.15) is 0 Å². The van der Waals surface area contributed by atoms with Gasteiger partial charge in [-0.25, -0.2) is 4.98 Å². The van der Waals surface area contributed by atoms with E-state index >= 15 is 0 Å². The maximum atomic E-state index is 5.80. The van der Waals surface area contributed by atoms with Crippen LogP contribution in [0.4, 0.5) is 11.5 Å². The minimum Gasteiger partial charge on any atom is -0.396 e. The number of pyridine rings is 2. The third-order valence-electron chi connectivity index (χ3n) is 2.32. The quantitative estimate of drug-likeness (QED) is 0.822. The molecule has 2 heterocycles. The van der Waals surface area contributed by atoms with Crippen LogP contribution in [0.15, 0.2) is 42.7 Å². The number of nitrogens with one attached hydrogen (secondary N) is 1. The molecule has 2 rings (SSSR count). The molecule has 0 saturated heterocycles. The van der Waals surface area contributed by atoms with E-state index in [-0.39, 0.29) is 6.04 Å². The van der Waals surface area contributed by atoms with Gasteiger partial charge in [-0.15, -0.1) is 0 Å². The number of hydrogen-bond donors (Lipinski definition) is 2. The van der Waals surface area contributed by atoms with E-state index in [1.54, 1.807) is 12.4 Å². The first-order chi connectivity index (χ1) is 7.77. The van der Waals surface area contributed by atoms with E-state index in [2.05, 4.69) is 15.3 Å². The van der Waals surface area contributed by atoms with Crippen LogP contribution in [0.3, 0.4) is 0 Å². The Bertz CT molecular complexity index is 456. The second-order valence-corrected chi connectivity index (χ2v) is 3.56. The van der Waals surface area contributed by atoms with Gasteiger partial charge in [-0.3, -0.25) is 4.98 Å². The highest BCUT2D eigenvalue weighted by Crippen LogP contribution is 2.19. The minimum absolute atomic E-state index is 0.0819. The molecule has 0 spiro atoms. The van der Waals surface area contributed by atoms with Gasteiger partial charge in [0.05, 0.1) is 17.4 Å². The molecule has 0 aliphatic heterocycles. The molecule has 0 radical (unpaired) electrons. The molecule has 0 aliphatic carbocycles. The van der Waals surface area contributed by atoms with E-state index in [9.17, 15) is 0 Å². The van der Waals surface area contributed by atoms with Gasteiger partial charge < -0.3 is 11.1 Å². The van der Waals surface area contributed by atoms with E-state index in [0.29, 0.717) is 11.5 Å². The average molecular weight is 214 g/mol. The van der Waals surface area contributed by atoms with Gasteiger partial charge in [-0.05, 0) is 31.2 Å². The largest absolute Gasteiger partial charge is 0.396 e. The Morgan fingerprint density at radius 2 is 1.94 bits per heavy atom. The summed E-state index contributed by atoms with van der Waals surface area (Å²) in [5.74, 6) is 0.695. The summed E-state index contributed by atoms with van der Waals surface area (Å²) in [5.41, 5.74) is 7.41. The molecule has 0 bridgehead atoms. The lowest BCUT2D eigenvalue weighted by atomic mass is 10.2. The molecule has 1 atom stereocenters. The molecule has 2 aromatic rings. The Labute approximate surface area is 94.5 Å². The lowest BCUT2D eigenvalue weighted by molar-refractivity contribution is 0.833. The van der Waals surface area contributed by atoms with Crippen molar-refractivity contribution in [3.63, 3.8) is 0 Å². The molecule has 1 unspecified atom stereocenters. The monoisotopic (exact) mass is 214 g/mol. The summed E-state index contributed by atoms with van der Waals surface area (Å²) in [4.78, 5) is 8.45. The fourth-order valence-electron chi connectivity index (χ4n) is 1.45. The molecule has 3 N–H and O–H groups in total. The average Bonchev–Trinajstić information content (AvgIpc) is 2.33. The lowest BCUT2D eigenvalue weighted by Crippen LogP contribution is -2.10. The third-order valence-corrected chi connectivity index (χ3v) is 2.32. The number of hydrogen-bond acceptors (Lipinski definition) is 4. The standard InChI is InChI=1S/C12H14N4/c1-9(11-6-2-3-7-14-11)16-12-10(13)5-4-8-15-12/h2-9H,13H2,1H3,(H,15,16). The normalized spacial score (nSPS) is 12.1. The van der Waals surface area contributed by atoms with Crippen LogP contribution in [0.1, 0.15) is 18.7 Å². The van der Waals surface area contributed by atoms with Crippen molar-refractivity contribution < 1.29 is 0 Å². The number of nitrogen functional groups attached to an aromatic ring is 1. The lowest BCUT2D eigenvalue weighted by Gasteiger charge is -2.14. The number of aromatic nitrogens is 2. The van der Waals surface area contributed by atoms with Crippen LogP contribution in [-0.2, 0) is 0 Å². The van der Waals surface area contributed by atoms with E-state index in [4.69, 9.17) is 5.73 Å². The van der Waals surface area contributed by atoms with E-state index in [0.717, 1.165) is 5.69 Å². The van der Waals surface area contributed by atoms with Crippen molar-refractivity contribution in [2.24, 2.45) is 0 Å². The second-order valence-electron chi connectivity index (χ2n) is 3.56. The van der Waals surface area contributed by atoms with Crippen LogP contribution < -0.4 is 11.1 Å². The van der Waals surface area contributed by atoms with Crippen LogP contribution in [0, 0.1) is 0 Å². The predicted octanol–water partition coefficient (Wildman–Crippen LogP) is 2.23. The van der Waals surface area contributed by atoms with Crippen molar-refractivity contribution in [1.29, 1.82) is 0 Å². The second kappa shape index (κ2) is 4.61. The number of anilines is 2. The Balaban J connectivity index is 2.14. The van der Waals surface area contributed by atoms with E-state index < -0.39 is 0 Å². The van der Waals surface area contributed by atoms with Crippen molar-refractivity contribution in [3.05, 3.63) is 48.4 Å². The van der Waals surface area contributed by atoms with E-state index in [1.165, 1.54) is 0 Å². The smallest absolute Gasteiger partial charge is 0.149 e. The SMILES string of the molecule is CC(Nc1ncccc1N)c1ccccn1. The van der Waals surface area contributed by atoms with Gasteiger partial charge in [0.1, 0.15) is 5.82 Å². The Morgan fingerprint density at radius 3 is 2.62 bits per heavy atom. The summed E-state index contributed by atoms with van der Waals surface area (Å²) >= 11 is 0. The maximum absolute atomic E-state index is 5.80. The van der Waals surface area contributed by atoms with Crippen LogP contribution in [0.25, 0.3) is 0 Å². The highest BCUT2D eigenvalue weighted by molar-refractivity contribution is 5.60. The zero-order chi connectivity index (χ0) is 11.4. The minimum atomic E-state index is 0.0819. The van der Waals surface area contributed by atoms with Crippen LogP contribution in [-0.4, -0.2) is 9.97 Å². The van der Waals surface area contributed by atoms with Crippen molar-refractivity contribution in [3.8, 4) is 0 Å². The van der Waals surface area contributed by atoms with Crippen molar-refractivity contribution >= 4 is 11.5 Å². The Kier molecular flexibility index (Phi) is 3.00. The molecule has 0 amide bonds. The van der Waals surface area contributed by atoms with Crippen LogP contribution in [0.5, 0.6) is 0 Å². The zero-order valence-electron chi connectivity index (χ0n) is 9.09. The van der Waals surface area contributed by atoms with Crippen molar-refractivity contribution in [1.82, 2.24) is 9.97 Å². The van der Waals surface area contributed by atoms with Gasteiger partial charge in [-0.1, -0.05) is 6.07 Å². The molecule has 0 fully saturated rings. The summed E-state index contributed by atoms with van der Waals surface area (Å²) in [5, 5.41) is 3.23. The number of nitrogens with two attached hydrogens (primary N) is 1. The van der Waals surface area contributed by atoms with Crippen LogP contribution >= 0.6 is 0 Å². The first-order valence-electron chi connectivity index (χ1n) is 5.15. The molecule has 0 aromatic carbocycles. The summed E-state index contributed by atoms with van der Waals surface area (Å²) in [7, 11) is 0. The highest BCUT2D eigenvalue weighted by Gasteiger charge is 2.07. The number of rotatable bonds is 3. The van der Waals surface area contributed by atoms with Gasteiger partial charge in [0.25, 0.3) is 0 Å². The Morgan fingerprint density at radius 1 is 1.12 bits per heavy atom. The van der Waals surface area contributed by atoms with Gasteiger partial charge in [0.15, 0.2) is 0 Å². The summed E-state index contributed by atoms with van der Waals surface area (Å²) in [6, 6.07) is 9.54. The first kappa shape index (κ1) is 10.4. The topological polar surface area (TPSA) is 63.8 Å². The molecule has 82 valence electrons. The molecular weight excluding hydrogens is 200 g/mol. The Hall–Kier alpha value is -2.10. The highest BCUT2D eigenvalue weighted by atomic mass is 15.0. The first-order valence-corrected chi connectivity index (χ1v) is 5.15. The molecule has 0 aliphatic rings. The predicted molar refractivity (Wildman–Crippen MR) is 64.9 cm³/mol. The molecular formula is C12H14N4. The van der Waals surface area contributed by atoms with Gasteiger partial charge in [0, 0.05) is 12.4 Å². The molecule has 16 heavy (non-hydrogen) atoms. The van der Waals surface area contributed by atoms with Crippen molar-refractivity contribution in [2.75, 3.05) is 11.1 Å². The number of nitrogens with zero attached hydrogens (tertiary/aromatic N) is 2. The summed E-state index contributed by atoms with van der Waals surface area (Å²) < 4.78 is 0. The molecule has 4 nitrogen and oxygen atoms in total. The van der Waals surface area contributed by atoms with Crippen molar-refractivity contribution in [2.45, 2.75) is 13.0 Å². The molecule has 0 saturated carbocycles. The molecule has 2 aromatic heterocycles.